The van der Waals surface area contributed by atoms with Crippen molar-refractivity contribution < 1.29 is 4.79 Å². The number of carbonyl (C=O) groups excluding carboxylic acids is 1. The molecular weight excluding hydrogens is 350 g/mol. The molecule has 4 rings (SSSR count). The fourth-order valence-corrected chi connectivity index (χ4v) is 4.39. The van der Waals surface area contributed by atoms with Crippen molar-refractivity contribution in [2.45, 2.75) is 45.6 Å². The lowest BCUT2D eigenvalue weighted by Gasteiger charge is -2.40. The van der Waals surface area contributed by atoms with Gasteiger partial charge < -0.3 is 10.2 Å². The number of piperidine rings is 1. The number of benzene rings is 1. The lowest BCUT2D eigenvalue weighted by molar-refractivity contribution is -0.122. The molecule has 2 aromatic rings. The Labute approximate surface area is 166 Å². The number of nitrogens with one attached hydrogen (secondary N) is 1. The second-order valence-corrected chi connectivity index (χ2v) is 8.60. The number of carbonyl (C=O) groups is 1. The van der Waals surface area contributed by atoms with Crippen molar-refractivity contribution in [1.82, 2.24) is 15.3 Å². The molecule has 1 aromatic carbocycles. The van der Waals surface area contributed by atoms with Crippen LogP contribution in [-0.2, 0) is 4.79 Å². The molecule has 1 aliphatic carbocycles. The Morgan fingerprint density at radius 2 is 1.96 bits per heavy atom. The first kappa shape index (κ1) is 18.7. The van der Waals surface area contributed by atoms with E-state index in [0.29, 0.717) is 29.3 Å². The van der Waals surface area contributed by atoms with Crippen LogP contribution in [0.5, 0.6) is 0 Å². The van der Waals surface area contributed by atoms with Crippen LogP contribution < -0.4 is 10.2 Å². The first-order chi connectivity index (χ1) is 13.5. The highest BCUT2D eigenvalue weighted by molar-refractivity contribution is 5.92. The third kappa shape index (κ3) is 3.94. The minimum absolute atomic E-state index is 0.140. The second-order valence-electron chi connectivity index (χ2n) is 8.60. The summed E-state index contributed by atoms with van der Waals surface area (Å²) >= 11 is 0. The van der Waals surface area contributed by atoms with Gasteiger partial charge in [0, 0.05) is 37.9 Å². The van der Waals surface area contributed by atoms with Crippen LogP contribution in [0, 0.1) is 29.1 Å². The summed E-state index contributed by atoms with van der Waals surface area (Å²) in [6.07, 6.45) is 7.50. The lowest BCUT2D eigenvalue weighted by Crippen LogP contribution is -2.51. The van der Waals surface area contributed by atoms with Crippen molar-refractivity contribution in [3.63, 3.8) is 0 Å². The molecule has 2 fully saturated rings. The third-order valence-corrected chi connectivity index (χ3v) is 5.80. The van der Waals surface area contributed by atoms with Crippen molar-refractivity contribution in [2.75, 3.05) is 18.0 Å². The Bertz CT molecular complexity index is 915. The molecule has 0 radical (unpaired) electrons. The molecule has 1 saturated carbocycles. The topological polar surface area (TPSA) is 81.9 Å². The minimum Gasteiger partial charge on any atom is -0.367 e. The van der Waals surface area contributed by atoms with E-state index in [0.717, 1.165) is 36.6 Å². The van der Waals surface area contributed by atoms with Crippen molar-refractivity contribution in [3.8, 4) is 6.07 Å². The van der Waals surface area contributed by atoms with Gasteiger partial charge >= 0.3 is 0 Å². The first-order valence-electron chi connectivity index (χ1n) is 10.2. The standard InChI is InChI=1S/C22H27N5O/c1-14(2)9-20(28)26-18-10-17(15-3-4-15)12-27(13-18)19-6-5-16(11-23)21-22(19)25-8-7-24-21/h5-8,14-15,17-18H,3-4,9-10,12-13H2,1-2H3,(H,26,28). The van der Waals surface area contributed by atoms with Gasteiger partial charge in [-0.1, -0.05) is 13.8 Å². The van der Waals surface area contributed by atoms with Gasteiger partial charge in [0.25, 0.3) is 0 Å². The summed E-state index contributed by atoms with van der Waals surface area (Å²) in [4.78, 5) is 23.6. The van der Waals surface area contributed by atoms with Gasteiger partial charge in [-0.2, -0.15) is 5.26 Å². The summed E-state index contributed by atoms with van der Waals surface area (Å²) in [5.41, 5.74) is 2.97. The number of amides is 1. The van der Waals surface area contributed by atoms with E-state index >= 15 is 0 Å². The molecule has 146 valence electrons. The van der Waals surface area contributed by atoms with E-state index in [1.807, 2.05) is 12.1 Å². The normalized spacial score (nSPS) is 22.3. The van der Waals surface area contributed by atoms with E-state index in [-0.39, 0.29) is 11.9 Å². The number of anilines is 1. The average Bonchev–Trinajstić information content (AvgIpc) is 3.51. The monoisotopic (exact) mass is 377 g/mol. The van der Waals surface area contributed by atoms with Gasteiger partial charge in [0.2, 0.25) is 5.91 Å². The number of nitrogens with zero attached hydrogens (tertiary/aromatic N) is 4. The predicted molar refractivity (Wildman–Crippen MR) is 109 cm³/mol. The summed E-state index contributed by atoms with van der Waals surface area (Å²) in [7, 11) is 0. The largest absolute Gasteiger partial charge is 0.367 e. The Balaban J connectivity index is 1.62. The fourth-order valence-electron chi connectivity index (χ4n) is 4.39. The minimum atomic E-state index is 0.140. The molecule has 2 aliphatic rings. The summed E-state index contributed by atoms with van der Waals surface area (Å²) in [6.45, 7) is 5.88. The Hall–Kier alpha value is -2.68. The molecule has 2 heterocycles. The molecule has 1 aromatic heterocycles. The zero-order valence-electron chi connectivity index (χ0n) is 16.6. The van der Waals surface area contributed by atoms with Crippen molar-refractivity contribution >= 4 is 22.6 Å². The van der Waals surface area contributed by atoms with E-state index in [4.69, 9.17) is 0 Å². The van der Waals surface area contributed by atoms with Crippen LogP contribution in [0.25, 0.3) is 11.0 Å². The van der Waals surface area contributed by atoms with Gasteiger partial charge in [-0.25, -0.2) is 0 Å². The molecule has 28 heavy (non-hydrogen) atoms. The van der Waals surface area contributed by atoms with Crippen LogP contribution in [0.4, 0.5) is 5.69 Å². The van der Waals surface area contributed by atoms with Gasteiger partial charge in [0.1, 0.15) is 17.1 Å². The van der Waals surface area contributed by atoms with Crippen LogP contribution in [0.3, 0.4) is 0 Å². The van der Waals surface area contributed by atoms with E-state index in [1.54, 1.807) is 12.4 Å². The molecule has 0 spiro atoms. The maximum absolute atomic E-state index is 12.4. The van der Waals surface area contributed by atoms with E-state index in [1.165, 1.54) is 12.8 Å². The molecular formula is C22H27N5O. The van der Waals surface area contributed by atoms with Crippen LogP contribution in [0.15, 0.2) is 24.5 Å². The first-order valence-corrected chi connectivity index (χ1v) is 10.2. The highest BCUT2D eigenvalue weighted by atomic mass is 16.1. The summed E-state index contributed by atoms with van der Waals surface area (Å²) < 4.78 is 0. The van der Waals surface area contributed by atoms with Crippen LogP contribution in [0.2, 0.25) is 0 Å². The predicted octanol–water partition coefficient (Wildman–Crippen LogP) is 3.27. The number of rotatable bonds is 5. The number of hydrogen-bond donors (Lipinski definition) is 1. The molecule has 1 aliphatic heterocycles. The van der Waals surface area contributed by atoms with E-state index in [9.17, 15) is 10.1 Å². The summed E-state index contributed by atoms with van der Waals surface area (Å²) in [6, 6.07) is 6.18. The van der Waals surface area contributed by atoms with Crippen LogP contribution in [-0.4, -0.2) is 35.0 Å². The maximum atomic E-state index is 12.4. The molecule has 2 unspecified atom stereocenters. The van der Waals surface area contributed by atoms with Crippen molar-refractivity contribution in [3.05, 3.63) is 30.1 Å². The van der Waals surface area contributed by atoms with E-state index < -0.39 is 0 Å². The molecule has 2 atom stereocenters. The molecule has 1 saturated heterocycles. The van der Waals surface area contributed by atoms with Crippen molar-refractivity contribution in [2.24, 2.45) is 17.8 Å². The Morgan fingerprint density at radius 3 is 2.64 bits per heavy atom. The van der Waals surface area contributed by atoms with Crippen LogP contribution in [0.1, 0.15) is 45.1 Å². The highest BCUT2D eigenvalue weighted by Gasteiger charge is 2.38. The summed E-state index contributed by atoms with van der Waals surface area (Å²) in [5, 5.41) is 12.7. The SMILES string of the molecule is CC(C)CC(=O)NC1CC(C2CC2)CN(c2ccc(C#N)c3nccnc23)C1. The third-order valence-electron chi connectivity index (χ3n) is 5.80. The molecule has 0 bridgehead atoms. The second kappa shape index (κ2) is 7.75. The van der Waals surface area contributed by atoms with Gasteiger partial charge in [-0.3, -0.25) is 14.8 Å². The highest BCUT2D eigenvalue weighted by Crippen LogP contribution is 2.42. The number of hydrogen-bond acceptors (Lipinski definition) is 5. The average molecular weight is 377 g/mol. The fraction of sp³-hybridized carbons (Fsp3) is 0.545. The Kier molecular flexibility index (Phi) is 5.17. The summed E-state index contributed by atoms with van der Waals surface area (Å²) in [5.74, 6) is 1.85. The van der Waals surface area contributed by atoms with Gasteiger partial charge in [-0.15, -0.1) is 0 Å². The van der Waals surface area contributed by atoms with Gasteiger partial charge in [0.15, 0.2) is 0 Å². The lowest BCUT2D eigenvalue weighted by atomic mass is 9.89. The molecule has 1 amide bonds. The van der Waals surface area contributed by atoms with Crippen LogP contribution >= 0.6 is 0 Å². The molecule has 1 N–H and O–H groups in total. The maximum Gasteiger partial charge on any atom is 0.220 e. The number of fused-ring (bicyclic) bond motifs is 1. The smallest absolute Gasteiger partial charge is 0.220 e. The zero-order valence-corrected chi connectivity index (χ0v) is 16.6. The number of aromatic nitrogens is 2. The van der Waals surface area contributed by atoms with E-state index in [2.05, 4.69) is 40.1 Å². The molecule has 6 nitrogen and oxygen atoms in total. The Morgan fingerprint density at radius 1 is 1.21 bits per heavy atom. The quantitative estimate of drug-likeness (QED) is 0.865. The zero-order chi connectivity index (χ0) is 19.7. The molecule has 6 heteroatoms. The van der Waals surface area contributed by atoms with Crippen molar-refractivity contribution in [1.29, 1.82) is 5.26 Å². The van der Waals surface area contributed by atoms with Gasteiger partial charge in [-0.05, 0) is 49.1 Å². The number of nitriles is 1. The van der Waals surface area contributed by atoms with Gasteiger partial charge in [0.05, 0.1) is 11.3 Å².